The predicted molar refractivity (Wildman–Crippen MR) is 59.3 cm³/mol. The van der Waals surface area contributed by atoms with Crippen molar-refractivity contribution in [3.8, 4) is 0 Å². The maximum Gasteiger partial charge on any atom is 0.149 e. The van der Waals surface area contributed by atoms with E-state index >= 15 is 0 Å². The minimum atomic E-state index is 0.257. The first-order chi connectivity index (χ1) is 7.16. The van der Waals surface area contributed by atoms with E-state index in [0.29, 0.717) is 5.82 Å². The van der Waals surface area contributed by atoms with Gasteiger partial charge < -0.3 is 10.6 Å². The van der Waals surface area contributed by atoms with E-state index in [2.05, 4.69) is 33.9 Å². The molecule has 2 rings (SSSR count). The maximum atomic E-state index is 5.66. The van der Waals surface area contributed by atoms with E-state index < -0.39 is 0 Å². The number of likely N-dealkylation sites (N-methyl/N-ethyl adjacent to an activating group) is 2. The monoisotopic (exact) mass is 207 g/mol. The maximum absolute atomic E-state index is 5.66. The quantitative estimate of drug-likeness (QED) is 0.701. The van der Waals surface area contributed by atoms with E-state index in [0.717, 1.165) is 25.5 Å². The Labute approximate surface area is 89.9 Å². The largest absolute Gasteiger partial charge is 0.384 e. The fourth-order valence-electron chi connectivity index (χ4n) is 1.84. The van der Waals surface area contributed by atoms with Gasteiger partial charge in [0.2, 0.25) is 0 Å². The highest BCUT2D eigenvalue weighted by atomic mass is 15.3. The van der Waals surface area contributed by atoms with Crippen LogP contribution in [-0.2, 0) is 0 Å². The van der Waals surface area contributed by atoms with Crippen molar-refractivity contribution in [2.75, 3.05) is 39.5 Å². The Morgan fingerprint density at radius 1 is 1.40 bits per heavy atom. The molecule has 0 radical (unpaired) electrons. The lowest BCUT2D eigenvalue weighted by molar-refractivity contribution is 0.110. The van der Waals surface area contributed by atoms with Crippen LogP contribution >= 0.6 is 0 Å². The third-order valence-corrected chi connectivity index (χ3v) is 2.84. The molecule has 1 fully saturated rings. The van der Waals surface area contributed by atoms with Gasteiger partial charge in [0.05, 0.1) is 6.04 Å². The Morgan fingerprint density at radius 3 is 2.93 bits per heavy atom. The molecule has 15 heavy (non-hydrogen) atoms. The normalized spacial score (nSPS) is 24.3. The topological polar surface area (TPSA) is 58.3 Å². The Balaban J connectivity index is 2.21. The zero-order chi connectivity index (χ0) is 10.8. The van der Waals surface area contributed by atoms with Crippen molar-refractivity contribution < 1.29 is 0 Å². The smallest absolute Gasteiger partial charge is 0.149 e. The molecule has 1 saturated heterocycles. The lowest BCUT2D eigenvalue weighted by Gasteiger charge is -2.36. The summed E-state index contributed by atoms with van der Waals surface area (Å²) in [4.78, 5) is 13.1. The summed E-state index contributed by atoms with van der Waals surface area (Å²) in [6.45, 7) is 3.09. The average molecular weight is 207 g/mol. The fraction of sp³-hybridized carbons (Fsp3) is 0.600. The van der Waals surface area contributed by atoms with E-state index in [1.165, 1.54) is 0 Å². The molecular formula is C10H17N5. The number of hydrogen-bond acceptors (Lipinski definition) is 5. The van der Waals surface area contributed by atoms with Gasteiger partial charge in [-0.15, -0.1) is 0 Å². The number of nitrogens with two attached hydrogens (primary N) is 1. The van der Waals surface area contributed by atoms with Crippen molar-refractivity contribution in [1.29, 1.82) is 0 Å². The lowest BCUT2D eigenvalue weighted by Crippen LogP contribution is -2.45. The molecule has 0 bridgehead atoms. The van der Waals surface area contributed by atoms with Crippen molar-refractivity contribution in [1.82, 2.24) is 19.8 Å². The number of aromatic nitrogens is 2. The molecule has 1 unspecified atom stereocenters. The molecule has 2 heterocycles. The SMILES string of the molecule is CN1CCN(C)C(c2nccc(N)n2)C1. The average Bonchev–Trinajstić information content (AvgIpc) is 2.22. The minimum Gasteiger partial charge on any atom is -0.384 e. The van der Waals surface area contributed by atoms with Crippen LogP contribution in [-0.4, -0.2) is 53.5 Å². The van der Waals surface area contributed by atoms with Crippen molar-refractivity contribution in [2.45, 2.75) is 6.04 Å². The van der Waals surface area contributed by atoms with Gasteiger partial charge >= 0.3 is 0 Å². The van der Waals surface area contributed by atoms with Gasteiger partial charge in [-0.3, -0.25) is 4.90 Å². The van der Waals surface area contributed by atoms with E-state index in [1.807, 2.05) is 0 Å². The second-order valence-electron chi connectivity index (χ2n) is 4.10. The molecule has 0 spiro atoms. The van der Waals surface area contributed by atoms with Crippen LogP contribution in [0.1, 0.15) is 11.9 Å². The zero-order valence-electron chi connectivity index (χ0n) is 9.22. The van der Waals surface area contributed by atoms with Crippen LogP contribution in [0.4, 0.5) is 5.82 Å². The first-order valence-corrected chi connectivity index (χ1v) is 5.14. The van der Waals surface area contributed by atoms with Crippen LogP contribution in [0.5, 0.6) is 0 Å². The van der Waals surface area contributed by atoms with Crippen LogP contribution < -0.4 is 5.73 Å². The van der Waals surface area contributed by atoms with Crippen LogP contribution in [0.25, 0.3) is 0 Å². The van der Waals surface area contributed by atoms with Gasteiger partial charge in [0.1, 0.15) is 11.6 Å². The van der Waals surface area contributed by atoms with Gasteiger partial charge in [-0.2, -0.15) is 0 Å². The highest BCUT2D eigenvalue weighted by Gasteiger charge is 2.25. The molecule has 1 atom stereocenters. The van der Waals surface area contributed by atoms with E-state index in [4.69, 9.17) is 5.73 Å². The number of nitrogens with zero attached hydrogens (tertiary/aromatic N) is 4. The molecule has 1 aromatic rings. The van der Waals surface area contributed by atoms with Crippen molar-refractivity contribution in [3.63, 3.8) is 0 Å². The Morgan fingerprint density at radius 2 is 2.20 bits per heavy atom. The standard InChI is InChI=1S/C10H17N5/c1-14-5-6-15(2)8(7-14)10-12-4-3-9(11)13-10/h3-4,8H,5-7H2,1-2H3,(H2,11,12,13). The minimum absolute atomic E-state index is 0.257. The second-order valence-corrected chi connectivity index (χ2v) is 4.10. The van der Waals surface area contributed by atoms with Gasteiger partial charge in [-0.05, 0) is 20.2 Å². The third kappa shape index (κ3) is 2.24. The Bertz CT molecular complexity index is 340. The van der Waals surface area contributed by atoms with Crippen LogP contribution in [0.3, 0.4) is 0 Å². The number of anilines is 1. The third-order valence-electron chi connectivity index (χ3n) is 2.84. The van der Waals surface area contributed by atoms with E-state index in [1.54, 1.807) is 12.3 Å². The highest BCUT2D eigenvalue weighted by Crippen LogP contribution is 2.20. The van der Waals surface area contributed by atoms with E-state index in [-0.39, 0.29) is 6.04 Å². The molecule has 1 aliphatic rings. The summed E-state index contributed by atoms with van der Waals surface area (Å²) >= 11 is 0. The summed E-state index contributed by atoms with van der Waals surface area (Å²) in [5, 5.41) is 0. The van der Waals surface area contributed by atoms with Gasteiger partial charge in [0, 0.05) is 25.8 Å². The number of nitrogen functional groups attached to an aromatic ring is 1. The molecule has 2 N–H and O–H groups in total. The molecular weight excluding hydrogens is 190 g/mol. The van der Waals surface area contributed by atoms with E-state index in [9.17, 15) is 0 Å². The summed E-state index contributed by atoms with van der Waals surface area (Å²) in [6.07, 6.45) is 1.72. The molecule has 0 amide bonds. The Hall–Kier alpha value is -1.20. The lowest BCUT2D eigenvalue weighted by atomic mass is 10.1. The molecule has 0 aliphatic carbocycles. The van der Waals surface area contributed by atoms with Crippen LogP contribution in [0, 0.1) is 0 Å². The molecule has 82 valence electrons. The van der Waals surface area contributed by atoms with Gasteiger partial charge in [0.15, 0.2) is 0 Å². The fourth-order valence-corrected chi connectivity index (χ4v) is 1.84. The summed E-state index contributed by atoms with van der Waals surface area (Å²) in [7, 11) is 4.22. The van der Waals surface area contributed by atoms with Crippen LogP contribution in [0.2, 0.25) is 0 Å². The second kappa shape index (κ2) is 4.12. The predicted octanol–water partition coefficient (Wildman–Crippen LogP) is -0.0229. The van der Waals surface area contributed by atoms with Gasteiger partial charge in [-0.1, -0.05) is 0 Å². The number of hydrogen-bond donors (Lipinski definition) is 1. The van der Waals surface area contributed by atoms with Crippen LogP contribution in [0.15, 0.2) is 12.3 Å². The molecule has 5 heteroatoms. The summed E-state index contributed by atoms with van der Waals surface area (Å²) in [5.74, 6) is 1.37. The zero-order valence-corrected chi connectivity index (χ0v) is 9.22. The number of rotatable bonds is 1. The molecule has 1 aliphatic heterocycles. The summed E-state index contributed by atoms with van der Waals surface area (Å²) in [5.41, 5.74) is 5.66. The highest BCUT2D eigenvalue weighted by molar-refractivity contribution is 5.26. The first-order valence-electron chi connectivity index (χ1n) is 5.14. The molecule has 0 aromatic carbocycles. The summed E-state index contributed by atoms with van der Waals surface area (Å²) < 4.78 is 0. The van der Waals surface area contributed by atoms with Crippen molar-refractivity contribution >= 4 is 5.82 Å². The number of piperazine rings is 1. The summed E-state index contributed by atoms with van der Waals surface area (Å²) in [6, 6.07) is 1.98. The van der Waals surface area contributed by atoms with Gasteiger partial charge in [-0.25, -0.2) is 9.97 Å². The molecule has 5 nitrogen and oxygen atoms in total. The van der Waals surface area contributed by atoms with Crippen molar-refractivity contribution in [2.24, 2.45) is 0 Å². The Kier molecular flexibility index (Phi) is 2.83. The van der Waals surface area contributed by atoms with Crippen molar-refractivity contribution in [3.05, 3.63) is 18.1 Å². The van der Waals surface area contributed by atoms with Gasteiger partial charge in [0.25, 0.3) is 0 Å². The molecule has 0 saturated carbocycles. The first kappa shape index (κ1) is 10.3. The molecule has 1 aromatic heterocycles.